The highest BCUT2D eigenvalue weighted by atomic mass is 79.9. The molecule has 2 aromatic rings. The van der Waals surface area contributed by atoms with Crippen LogP contribution in [0.25, 0.3) is 0 Å². The summed E-state index contributed by atoms with van der Waals surface area (Å²) >= 11 is 9.25. The number of halogens is 2. The van der Waals surface area contributed by atoms with E-state index in [4.69, 9.17) is 16.3 Å². The molecule has 0 atom stereocenters. The average molecular weight is 391 g/mol. The zero-order valence-electron chi connectivity index (χ0n) is 11.4. The first-order chi connectivity index (χ1) is 9.83. The molecule has 21 heavy (non-hydrogen) atoms. The number of sulfonamides is 1. The van der Waals surface area contributed by atoms with Crippen LogP contribution in [0.15, 0.2) is 45.8 Å². The zero-order chi connectivity index (χ0) is 15.6. The molecule has 0 saturated carbocycles. The van der Waals surface area contributed by atoms with Gasteiger partial charge in [0, 0.05) is 4.47 Å². The van der Waals surface area contributed by atoms with Gasteiger partial charge < -0.3 is 4.74 Å². The highest BCUT2D eigenvalue weighted by Gasteiger charge is 2.20. The van der Waals surface area contributed by atoms with Crippen LogP contribution in [0.1, 0.15) is 5.56 Å². The summed E-state index contributed by atoms with van der Waals surface area (Å²) in [4.78, 5) is 0.0101. The molecule has 0 fully saturated rings. The smallest absolute Gasteiger partial charge is 0.263 e. The first-order valence-electron chi connectivity index (χ1n) is 5.96. The Morgan fingerprint density at radius 1 is 1.19 bits per heavy atom. The number of ether oxygens (including phenoxy) is 1. The number of hydrogen-bond donors (Lipinski definition) is 1. The maximum atomic E-state index is 12.4. The molecule has 4 nitrogen and oxygen atoms in total. The summed E-state index contributed by atoms with van der Waals surface area (Å²) in [5.41, 5.74) is 1.28. The lowest BCUT2D eigenvalue weighted by molar-refractivity contribution is 0.417. The minimum absolute atomic E-state index is 0.0101. The molecular weight excluding hydrogens is 378 g/mol. The van der Waals surface area contributed by atoms with Crippen molar-refractivity contribution in [1.82, 2.24) is 0 Å². The van der Waals surface area contributed by atoms with Crippen LogP contribution < -0.4 is 9.46 Å². The predicted molar refractivity (Wildman–Crippen MR) is 87.7 cm³/mol. The van der Waals surface area contributed by atoms with E-state index in [1.807, 2.05) is 13.0 Å². The second-order valence-electron chi connectivity index (χ2n) is 4.38. The van der Waals surface area contributed by atoms with Crippen molar-refractivity contribution in [2.24, 2.45) is 0 Å². The van der Waals surface area contributed by atoms with E-state index in [-0.39, 0.29) is 9.92 Å². The van der Waals surface area contributed by atoms with Gasteiger partial charge in [0.1, 0.15) is 10.6 Å². The van der Waals surface area contributed by atoms with Crippen LogP contribution >= 0.6 is 27.5 Å². The quantitative estimate of drug-likeness (QED) is 0.850. The van der Waals surface area contributed by atoms with E-state index in [9.17, 15) is 8.42 Å². The van der Waals surface area contributed by atoms with Crippen LogP contribution in [0.2, 0.25) is 5.02 Å². The number of rotatable bonds is 4. The Morgan fingerprint density at radius 3 is 2.52 bits per heavy atom. The van der Waals surface area contributed by atoms with Crippen LogP contribution in [-0.2, 0) is 10.0 Å². The Hall–Kier alpha value is -1.24. The van der Waals surface area contributed by atoms with Gasteiger partial charge in [-0.25, -0.2) is 8.42 Å². The third kappa shape index (κ3) is 3.70. The standard InChI is InChI=1S/C14H13BrClNO3S/c1-9-3-5-13(20-2)12(7-9)17-21(18,19)14-6-4-10(15)8-11(14)16/h3-8,17H,1-2H3. The van der Waals surface area contributed by atoms with Gasteiger partial charge in [0.2, 0.25) is 0 Å². The third-order valence-corrected chi connectivity index (χ3v) is 5.12. The molecule has 0 aliphatic carbocycles. The lowest BCUT2D eigenvalue weighted by atomic mass is 10.2. The molecule has 0 aliphatic heterocycles. The highest BCUT2D eigenvalue weighted by molar-refractivity contribution is 9.10. The Bertz CT molecular complexity index is 778. The number of aryl methyl sites for hydroxylation is 1. The van der Waals surface area contributed by atoms with Crippen LogP contribution in [-0.4, -0.2) is 15.5 Å². The summed E-state index contributed by atoms with van der Waals surface area (Å²) < 4.78 is 33.3. The fourth-order valence-corrected chi connectivity index (χ4v) is 3.89. The van der Waals surface area contributed by atoms with Gasteiger partial charge in [-0.2, -0.15) is 0 Å². The lowest BCUT2D eigenvalue weighted by Gasteiger charge is -2.13. The lowest BCUT2D eigenvalue weighted by Crippen LogP contribution is -2.14. The maximum Gasteiger partial charge on any atom is 0.263 e. The summed E-state index contributed by atoms with van der Waals surface area (Å²) in [5, 5.41) is 0.142. The van der Waals surface area contributed by atoms with Gasteiger partial charge in [-0.05, 0) is 42.8 Å². The second-order valence-corrected chi connectivity index (χ2v) is 7.36. The normalized spacial score (nSPS) is 11.2. The number of methoxy groups -OCH3 is 1. The summed E-state index contributed by atoms with van der Waals surface area (Å²) in [6, 6.07) is 9.83. The summed E-state index contributed by atoms with van der Waals surface area (Å²) in [6.45, 7) is 1.86. The zero-order valence-corrected chi connectivity index (χ0v) is 14.5. The molecule has 112 valence electrons. The fraction of sp³-hybridized carbons (Fsp3) is 0.143. The van der Waals surface area contributed by atoms with Crippen molar-refractivity contribution in [3.63, 3.8) is 0 Å². The summed E-state index contributed by atoms with van der Waals surface area (Å²) in [7, 11) is -2.31. The Balaban J connectivity index is 2.44. The first kappa shape index (κ1) is 16.1. The number of hydrogen-bond acceptors (Lipinski definition) is 3. The molecule has 7 heteroatoms. The molecule has 0 amide bonds. The first-order valence-corrected chi connectivity index (χ1v) is 8.61. The van der Waals surface area contributed by atoms with Gasteiger partial charge in [0.05, 0.1) is 17.8 Å². The van der Waals surface area contributed by atoms with Gasteiger partial charge in [-0.15, -0.1) is 0 Å². The van der Waals surface area contributed by atoms with Gasteiger partial charge in [-0.3, -0.25) is 4.72 Å². The molecule has 2 rings (SSSR count). The molecule has 0 aromatic heterocycles. The van der Waals surface area contributed by atoms with E-state index in [2.05, 4.69) is 20.7 Å². The highest BCUT2D eigenvalue weighted by Crippen LogP contribution is 2.31. The molecule has 0 radical (unpaired) electrons. The minimum Gasteiger partial charge on any atom is -0.495 e. The van der Waals surface area contributed by atoms with Crippen molar-refractivity contribution in [2.75, 3.05) is 11.8 Å². The predicted octanol–water partition coefficient (Wildman–Crippen LogP) is 4.22. The number of benzene rings is 2. The van der Waals surface area contributed by atoms with Crippen molar-refractivity contribution in [3.05, 3.63) is 51.5 Å². The Labute approximate surface area is 137 Å². The van der Waals surface area contributed by atoms with Gasteiger partial charge in [-0.1, -0.05) is 33.6 Å². The van der Waals surface area contributed by atoms with Crippen LogP contribution in [0, 0.1) is 6.92 Å². The van der Waals surface area contributed by atoms with Crippen LogP contribution in [0.4, 0.5) is 5.69 Å². The minimum atomic E-state index is -3.79. The van der Waals surface area contributed by atoms with Gasteiger partial charge in [0.15, 0.2) is 0 Å². The van der Waals surface area contributed by atoms with Gasteiger partial charge in [0.25, 0.3) is 10.0 Å². The van der Waals surface area contributed by atoms with Crippen molar-refractivity contribution in [2.45, 2.75) is 11.8 Å². The maximum absolute atomic E-state index is 12.4. The van der Waals surface area contributed by atoms with Gasteiger partial charge >= 0.3 is 0 Å². The SMILES string of the molecule is COc1ccc(C)cc1NS(=O)(=O)c1ccc(Br)cc1Cl. The molecule has 0 unspecified atom stereocenters. The molecule has 2 aromatic carbocycles. The molecule has 0 heterocycles. The molecule has 0 spiro atoms. The molecule has 0 bridgehead atoms. The van der Waals surface area contributed by atoms with E-state index in [1.54, 1.807) is 18.2 Å². The molecule has 1 N–H and O–H groups in total. The monoisotopic (exact) mass is 389 g/mol. The largest absolute Gasteiger partial charge is 0.495 e. The van der Waals surface area contributed by atoms with E-state index in [0.29, 0.717) is 15.9 Å². The second kappa shape index (κ2) is 6.25. The molecule has 0 aliphatic rings. The fourth-order valence-electron chi connectivity index (χ4n) is 1.79. The third-order valence-electron chi connectivity index (χ3n) is 2.78. The number of nitrogens with one attached hydrogen (secondary N) is 1. The molecular formula is C14H13BrClNO3S. The van der Waals surface area contributed by atoms with E-state index in [0.717, 1.165) is 5.56 Å². The van der Waals surface area contributed by atoms with Crippen molar-refractivity contribution < 1.29 is 13.2 Å². The number of anilines is 1. The van der Waals surface area contributed by atoms with Crippen LogP contribution in [0.3, 0.4) is 0 Å². The van der Waals surface area contributed by atoms with E-state index in [1.165, 1.54) is 19.2 Å². The topological polar surface area (TPSA) is 55.4 Å². The summed E-state index contributed by atoms with van der Waals surface area (Å²) in [5.74, 6) is 0.442. The van der Waals surface area contributed by atoms with Crippen molar-refractivity contribution in [1.29, 1.82) is 0 Å². The summed E-state index contributed by atoms with van der Waals surface area (Å²) in [6.07, 6.45) is 0. The Morgan fingerprint density at radius 2 is 1.90 bits per heavy atom. The van der Waals surface area contributed by atoms with Crippen molar-refractivity contribution >= 4 is 43.2 Å². The Kier molecular flexibility index (Phi) is 4.81. The van der Waals surface area contributed by atoms with E-state index < -0.39 is 10.0 Å². The molecule has 0 saturated heterocycles. The average Bonchev–Trinajstić information content (AvgIpc) is 2.37. The van der Waals surface area contributed by atoms with Crippen LogP contribution in [0.5, 0.6) is 5.75 Å². The van der Waals surface area contributed by atoms with E-state index >= 15 is 0 Å². The van der Waals surface area contributed by atoms with Crippen molar-refractivity contribution in [3.8, 4) is 5.75 Å².